The Labute approximate surface area is 192 Å². The van der Waals surface area contributed by atoms with Crippen LogP contribution in [0, 0.1) is 15.9 Å². The first-order chi connectivity index (χ1) is 15.9. The first-order valence-electron chi connectivity index (χ1n) is 10.1. The van der Waals surface area contributed by atoms with Crippen molar-refractivity contribution in [3.05, 3.63) is 86.9 Å². The number of nitro groups is 1. The smallest absolute Gasteiger partial charge is 0.338 e. The van der Waals surface area contributed by atoms with E-state index in [1.54, 1.807) is 48.9 Å². The van der Waals surface area contributed by atoms with Crippen LogP contribution in [-0.2, 0) is 15.3 Å². The maximum absolute atomic E-state index is 14.0. The number of aromatic nitrogens is 3. The molecule has 3 aromatic rings. The Morgan fingerprint density at radius 2 is 2.00 bits per heavy atom. The van der Waals surface area contributed by atoms with Crippen LogP contribution in [0.25, 0.3) is 0 Å². The van der Waals surface area contributed by atoms with Gasteiger partial charge in [-0.2, -0.15) is 4.98 Å². The fraction of sp³-hybridized carbons (Fsp3) is 0.227. The Hall–Kier alpha value is -3.73. The summed E-state index contributed by atoms with van der Waals surface area (Å²) in [5.41, 5.74) is 1.94. The molecule has 2 heterocycles. The first kappa shape index (κ1) is 22.5. The second-order valence-electron chi connectivity index (χ2n) is 7.18. The summed E-state index contributed by atoms with van der Waals surface area (Å²) < 4.78 is 20.8. The Kier molecular flexibility index (Phi) is 6.40. The van der Waals surface area contributed by atoms with Gasteiger partial charge >= 0.3 is 5.97 Å². The summed E-state index contributed by atoms with van der Waals surface area (Å²) in [5.74, 6) is -0.0967. The Morgan fingerprint density at radius 3 is 2.67 bits per heavy atom. The normalized spacial score (nSPS) is 15.1. The fourth-order valence-electron chi connectivity index (χ4n) is 3.51. The number of nitro benzene ring substituents is 1. The van der Waals surface area contributed by atoms with Crippen LogP contribution in [0.5, 0.6) is 0 Å². The minimum absolute atomic E-state index is 0.0639. The molecule has 0 bridgehead atoms. The third kappa shape index (κ3) is 4.58. The van der Waals surface area contributed by atoms with Crippen LogP contribution in [0.2, 0.25) is 0 Å². The summed E-state index contributed by atoms with van der Waals surface area (Å²) in [6.07, 6.45) is 0. The van der Waals surface area contributed by atoms with Gasteiger partial charge in [-0.05, 0) is 43.2 Å². The van der Waals surface area contributed by atoms with Gasteiger partial charge < -0.3 is 10.1 Å². The number of benzene rings is 2. The maximum atomic E-state index is 14.0. The number of anilines is 1. The summed E-state index contributed by atoms with van der Waals surface area (Å²) in [4.78, 5) is 27.9. The zero-order chi connectivity index (χ0) is 23.5. The number of carbonyl (C=O) groups excluding carboxylic acids is 1. The van der Waals surface area contributed by atoms with Gasteiger partial charge in [0.15, 0.2) is 0 Å². The second kappa shape index (κ2) is 9.41. The van der Waals surface area contributed by atoms with Crippen molar-refractivity contribution >= 4 is 29.4 Å². The van der Waals surface area contributed by atoms with E-state index in [1.807, 2.05) is 0 Å². The van der Waals surface area contributed by atoms with E-state index in [4.69, 9.17) is 4.74 Å². The van der Waals surface area contributed by atoms with Crippen LogP contribution in [-0.4, -0.2) is 32.3 Å². The lowest BCUT2D eigenvalue weighted by Crippen LogP contribution is -2.29. The lowest BCUT2D eigenvalue weighted by Gasteiger charge is -2.28. The van der Waals surface area contributed by atoms with Gasteiger partial charge in [-0.15, -0.1) is 5.10 Å². The molecule has 0 saturated heterocycles. The molecule has 0 radical (unpaired) electrons. The lowest BCUT2D eigenvalue weighted by molar-refractivity contribution is -0.384. The molecule has 1 aliphatic rings. The molecular weight excluding hydrogens is 449 g/mol. The van der Waals surface area contributed by atoms with E-state index in [1.165, 1.54) is 30.0 Å². The second-order valence-corrected chi connectivity index (χ2v) is 8.12. The molecule has 0 amide bonds. The topological polar surface area (TPSA) is 112 Å². The molecule has 1 atom stereocenters. The molecule has 0 aliphatic carbocycles. The minimum atomic E-state index is -0.698. The number of ether oxygens (including phenoxy) is 1. The monoisotopic (exact) mass is 469 g/mol. The molecular formula is C22H20FN5O4S. The van der Waals surface area contributed by atoms with E-state index < -0.39 is 16.9 Å². The molecule has 170 valence electrons. The number of rotatable bonds is 7. The SMILES string of the molecule is CCOC(=O)C1=C(C)Nc2nc(SCc3ccccc3F)nn2[C@@H]1c1ccc([N+](=O)[O-])cc1. The van der Waals surface area contributed by atoms with Gasteiger partial charge in [0.25, 0.3) is 5.69 Å². The van der Waals surface area contributed by atoms with Crippen molar-refractivity contribution in [2.75, 3.05) is 11.9 Å². The standard InChI is InChI=1S/C22H20FN5O4S/c1-3-32-20(29)18-13(2)24-21-25-22(33-12-15-6-4-5-7-17(15)23)26-27(21)19(18)14-8-10-16(11-9-14)28(30)31/h4-11,19H,3,12H2,1-2H3,(H,24,25,26)/t19-/m1/s1. The van der Waals surface area contributed by atoms with Crippen LogP contribution in [0.4, 0.5) is 16.0 Å². The highest BCUT2D eigenvalue weighted by molar-refractivity contribution is 7.98. The van der Waals surface area contributed by atoms with Crippen molar-refractivity contribution in [2.45, 2.75) is 30.8 Å². The number of thioether (sulfide) groups is 1. The largest absolute Gasteiger partial charge is 0.463 e. The molecule has 2 aromatic carbocycles. The Balaban J connectivity index is 1.71. The van der Waals surface area contributed by atoms with Crippen molar-refractivity contribution in [1.82, 2.24) is 14.8 Å². The third-order valence-electron chi connectivity index (χ3n) is 5.06. The molecule has 9 nitrogen and oxygen atoms in total. The zero-order valence-corrected chi connectivity index (χ0v) is 18.6. The van der Waals surface area contributed by atoms with Crippen LogP contribution in [0.1, 0.15) is 31.0 Å². The zero-order valence-electron chi connectivity index (χ0n) is 17.8. The molecule has 0 saturated carbocycles. The number of halogens is 1. The summed E-state index contributed by atoms with van der Waals surface area (Å²) in [7, 11) is 0. The number of hydrogen-bond donors (Lipinski definition) is 1. The van der Waals surface area contributed by atoms with Gasteiger partial charge in [-0.3, -0.25) is 10.1 Å². The molecule has 4 rings (SSSR count). The molecule has 0 fully saturated rings. The maximum Gasteiger partial charge on any atom is 0.338 e. The summed E-state index contributed by atoms with van der Waals surface area (Å²) in [6.45, 7) is 3.63. The highest BCUT2D eigenvalue weighted by Gasteiger charge is 2.35. The molecule has 1 aromatic heterocycles. The van der Waals surface area contributed by atoms with Crippen LogP contribution in [0.15, 0.2) is 65.0 Å². The molecule has 0 spiro atoms. The van der Waals surface area contributed by atoms with Crippen LogP contribution in [0.3, 0.4) is 0 Å². The third-order valence-corrected chi connectivity index (χ3v) is 5.95. The van der Waals surface area contributed by atoms with Crippen molar-refractivity contribution < 1.29 is 18.8 Å². The summed E-state index contributed by atoms with van der Waals surface area (Å²) >= 11 is 1.26. The van der Waals surface area contributed by atoms with Gasteiger partial charge in [-0.25, -0.2) is 13.9 Å². The number of non-ortho nitro benzene ring substituents is 1. The van der Waals surface area contributed by atoms with Crippen molar-refractivity contribution in [2.24, 2.45) is 0 Å². The Morgan fingerprint density at radius 1 is 1.27 bits per heavy atom. The number of nitrogens with one attached hydrogen (secondary N) is 1. The van der Waals surface area contributed by atoms with E-state index in [-0.39, 0.29) is 18.1 Å². The predicted molar refractivity (Wildman–Crippen MR) is 120 cm³/mol. The number of allylic oxidation sites excluding steroid dienone is 1. The molecule has 33 heavy (non-hydrogen) atoms. The number of esters is 1. The highest BCUT2D eigenvalue weighted by atomic mass is 32.2. The average Bonchev–Trinajstić information content (AvgIpc) is 3.20. The van der Waals surface area contributed by atoms with E-state index in [0.29, 0.717) is 39.3 Å². The minimum Gasteiger partial charge on any atom is -0.463 e. The van der Waals surface area contributed by atoms with Gasteiger partial charge in [0.1, 0.15) is 11.9 Å². The number of hydrogen-bond acceptors (Lipinski definition) is 8. The fourth-order valence-corrected chi connectivity index (χ4v) is 4.33. The van der Waals surface area contributed by atoms with Gasteiger partial charge in [-0.1, -0.05) is 30.0 Å². The van der Waals surface area contributed by atoms with Crippen molar-refractivity contribution in [3.8, 4) is 0 Å². The quantitative estimate of drug-likeness (QED) is 0.233. The molecule has 11 heteroatoms. The molecule has 0 unspecified atom stereocenters. The number of fused-ring (bicyclic) bond motifs is 1. The Bertz CT molecular complexity index is 1240. The number of nitrogens with zero attached hydrogens (tertiary/aromatic N) is 4. The van der Waals surface area contributed by atoms with E-state index in [9.17, 15) is 19.3 Å². The van der Waals surface area contributed by atoms with Gasteiger partial charge in [0.05, 0.1) is 17.1 Å². The summed E-state index contributed by atoms with van der Waals surface area (Å²) in [5, 5.41) is 19.1. The van der Waals surface area contributed by atoms with E-state index in [0.717, 1.165) is 0 Å². The average molecular weight is 469 g/mol. The number of carbonyl (C=O) groups is 1. The van der Waals surface area contributed by atoms with Crippen LogP contribution >= 0.6 is 11.8 Å². The lowest BCUT2D eigenvalue weighted by atomic mass is 9.95. The highest BCUT2D eigenvalue weighted by Crippen LogP contribution is 2.37. The molecule has 1 N–H and O–H groups in total. The van der Waals surface area contributed by atoms with Gasteiger partial charge in [0, 0.05) is 23.6 Å². The van der Waals surface area contributed by atoms with E-state index >= 15 is 0 Å². The van der Waals surface area contributed by atoms with Crippen LogP contribution < -0.4 is 5.32 Å². The van der Waals surface area contributed by atoms with Crippen molar-refractivity contribution in [1.29, 1.82) is 0 Å². The van der Waals surface area contributed by atoms with E-state index in [2.05, 4.69) is 15.4 Å². The predicted octanol–water partition coefficient (Wildman–Crippen LogP) is 4.47. The van der Waals surface area contributed by atoms with Crippen molar-refractivity contribution in [3.63, 3.8) is 0 Å². The summed E-state index contributed by atoms with van der Waals surface area (Å²) in [6, 6.07) is 11.7. The first-order valence-corrected chi connectivity index (χ1v) is 11.1. The van der Waals surface area contributed by atoms with Gasteiger partial charge in [0.2, 0.25) is 11.1 Å². The molecule has 1 aliphatic heterocycles.